The zero-order valence-electron chi connectivity index (χ0n) is 23.3. The predicted octanol–water partition coefficient (Wildman–Crippen LogP) is -0.560. The highest BCUT2D eigenvalue weighted by Gasteiger charge is 2.45. The summed E-state index contributed by atoms with van der Waals surface area (Å²) < 4.78 is 29.0. The molecule has 2 aromatic heterocycles. The molecule has 3 heterocycles. The molecular formula is C25H38N5O11P. The summed E-state index contributed by atoms with van der Waals surface area (Å²) in [6.45, 7) is 0.854. The number of aryl methyl sites for hydroxylation is 1. The summed E-state index contributed by atoms with van der Waals surface area (Å²) in [5.41, 5.74) is 5.89. The average molecular weight is 616 g/mol. The van der Waals surface area contributed by atoms with Gasteiger partial charge in [-0.3, -0.25) is 18.9 Å². The fourth-order valence-corrected chi connectivity index (χ4v) is 5.63. The van der Waals surface area contributed by atoms with E-state index < -0.39 is 56.4 Å². The number of nitrogens with one attached hydrogen (secondary N) is 1. The predicted molar refractivity (Wildman–Crippen MR) is 147 cm³/mol. The van der Waals surface area contributed by atoms with Crippen molar-refractivity contribution in [2.24, 2.45) is 0 Å². The average Bonchev–Trinajstić information content (AvgIpc) is 3.23. The summed E-state index contributed by atoms with van der Waals surface area (Å²) in [4.78, 5) is 42.1. The van der Waals surface area contributed by atoms with Crippen LogP contribution in [-0.4, -0.2) is 90.1 Å². The zero-order chi connectivity index (χ0) is 31.0. The van der Waals surface area contributed by atoms with Crippen molar-refractivity contribution in [1.82, 2.24) is 19.9 Å². The maximum absolute atomic E-state index is 12.6. The fraction of sp³-hybridized carbons (Fsp3) is 0.600. The monoisotopic (exact) mass is 615 g/mol. The number of methoxy groups -OCH3 is 1. The molecule has 0 aliphatic carbocycles. The molecule has 0 saturated carbocycles. The Morgan fingerprint density at radius 1 is 1.29 bits per heavy atom. The number of hydrogen-bond donors (Lipinski definition) is 7. The van der Waals surface area contributed by atoms with Gasteiger partial charge in [0.1, 0.15) is 35.9 Å². The molecular weight excluding hydrogens is 577 g/mol. The summed E-state index contributed by atoms with van der Waals surface area (Å²) in [6, 6.07) is 0.592. The number of rotatable bonds is 15. The second kappa shape index (κ2) is 15.0. The summed E-state index contributed by atoms with van der Waals surface area (Å²) in [5.74, 6) is -0.623. The number of aromatic nitrogens is 3. The van der Waals surface area contributed by atoms with Gasteiger partial charge in [-0.25, -0.2) is 4.79 Å². The van der Waals surface area contributed by atoms with Gasteiger partial charge in [-0.1, -0.05) is 12.8 Å². The lowest BCUT2D eigenvalue weighted by Gasteiger charge is -2.19. The van der Waals surface area contributed by atoms with Crippen LogP contribution in [0.3, 0.4) is 0 Å². The number of anilines is 1. The first-order valence-corrected chi connectivity index (χ1v) is 15.1. The molecule has 0 radical (unpaired) electrons. The third-order valence-electron chi connectivity index (χ3n) is 6.95. The van der Waals surface area contributed by atoms with Gasteiger partial charge in [-0.05, 0) is 25.8 Å². The van der Waals surface area contributed by atoms with E-state index in [0.29, 0.717) is 36.1 Å². The topological polar surface area (TPSA) is 249 Å². The first-order chi connectivity index (χ1) is 19.9. The number of nitrogens with two attached hydrogens (primary N) is 1. The highest BCUT2D eigenvalue weighted by molar-refractivity contribution is 7.52. The molecule has 0 bridgehead atoms. The molecule has 0 aromatic carbocycles. The van der Waals surface area contributed by atoms with Crippen molar-refractivity contribution < 1.29 is 48.7 Å². The lowest BCUT2D eigenvalue weighted by molar-refractivity contribution is -0.143. The van der Waals surface area contributed by atoms with Crippen molar-refractivity contribution in [3.8, 4) is 5.75 Å². The molecule has 6 atom stereocenters. The first-order valence-electron chi connectivity index (χ1n) is 13.3. The van der Waals surface area contributed by atoms with Crippen LogP contribution in [0.15, 0.2) is 23.3 Å². The Kier molecular flexibility index (Phi) is 12.0. The van der Waals surface area contributed by atoms with E-state index >= 15 is 0 Å². The van der Waals surface area contributed by atoms with Crippen LogP contribution in [0.1, 0.15) is 48.7 Å². The number of aliphatic hydroxyl groups is 3. The third kappa shape index (κ3) is 8.55. The number of aromatic hydroxyl groups is 1. The molecule has 1 saturated heterocycles. The second-order valence-corrected chi connectivity index (χ2v) is 11.9. The van der Waals surface area contributed by atoms with Crippen LogP contribution in [0.5, 0.6) is 5.75 Å². The van der Waals surface area contributed by atoms with Crippen LogP contribution >= 0.6 is 7.60 Å². The van der Waals surface area contributed by atoms with E-state index in [4.69, 9.17) is 19.7 Å². The summed E-state index contributed by atoms with van der Waals surface area (Å²) in [6.07, 6.45) is -1.40. The minimum atomic E-state index is -4.09. The van der Waals surface area contributed by atoms with E-state index in [9.17, 15) is 39.5 Å². The largest absolute Gasteiger partial charge is 0.506 e. The van der Waals surface area contributed by atoms with Gasteiger partial charge in [0.2, 0.25) is 0 Å². The van der Waals surface area contributed by atoms with Crippen molar-refractivity contribution in [3.05, 3.63) is 45.8 Å². The minimum absolute atomic E-state index is 0.0283. The fourth-order valence-electron chi connectivity index (χ4n) is 4.50. The molecule has 0 amide bonds. The quantitative estimate of drug-likeness (QED) is 0.0753. The van der Waals surface area contributed by atoms with Gasteiger partial charge in [-0.15, -0.1) is 0 Å². The van der Waals surface area contributed by atoms with E-state index in [1.165, 1.54) is 25.6 Å². The van der Waals surface area contributed by atoms with Crippen LogP contribution in [-0.2, 0) is 36.5 Å². The molecule has 234 valence electrons. The number of carbonyl (C=O) groups excluding carboxylic acids is 1. The van der Waals surface area contributed by atoms with Crippen LogP contribution in [0.25, 0.3) is 0 Å². The van der Waals surface area contributed by atoms with Gasteiger partial charge in [0, 0.05) is 36.2 Å². The van der Waals surface area contributed by atoms with Crippen LogP contribution in [0.2, 0.25) is 0 Å². The Morgan fingerprint density at radius 2 is 2.02 bits per heavy atom. The zero-order valence-corrected chi connectivity index (χ0v) is 24.2. The molecule has 16 nitrogen and oxygen atoms in total. The van der Waals surface area contributed by atoms with E-state index in [1.54, 1.807) is 6.92 Å². The number of nitrogen functional groups attached to an aromatic ring is 1. The van der Waals surface area contributed by atoms with Gasteiger partial charge in [0.25, 0.3) is 0 Å². The second-order valence-electron chi connectivity index (χ2n) is 9.91. The van der Waals surface area contributed by atoms with Gasteiger partial charge in [0.05, 0.1) is 26.0 Å². The van der Waals surface area contributed by atoms with E-state index in [0.717, 1.165) is 4.57 Å². The molecule has 2 aromatic rings. The number of esters is 1. The molecule has 1 aliphatic heterocycles. The van der Waals surface area contributed by atoms with Crippen LogP contribution < -0.4 is 16.7 Å². The highest BCUT2D eigenvalue weighted by Crippen LogP contribution is 2.44. The van der Waals surface area contributed by atoms with E-state index in [-0.39, 0.29) is 37.3 Å². The van der Waals surface area contributed by atoms with Gasteiger partial charge in [-0.2, -0.15) is 4.98 Å². The molecule has 3 rings (SSSR count). The van der Waals surface area contributed by atoms with Crippen molar-refractivity contribution in [3.63, 3.8) is 0 Å². The Morgan fingerprint density at radius 3 is 2.69 bits per heavy atom. The number of nitrogens with zero attached hydrogens (tertiary/aromatic N) is 3. The lowest BCUT2D eigenvalue weighted by atomic mass is 10.1. The number of carbonyl (C=O) groups is 1. The number of ether oxygens (including phenoxy) is 2. The van der Waals surface area contributed by atoms with Gasteiger partial charge < -0.3 is 50.4 Å². The third-order valence-corrected chi connectivity index (χ3v) is 8.38. The molecule has 42 heavy (non-hydrogen) atoms. The number of unbranched alkanes of at least 4 members (excludes halogenated alkanes) is 2. The standard InChI is InChI=1S/C25H38N5O11P/c1-14-20(32)16(15(12-31)10-27-14)11-28-17(24(35)39-2)6-4-3-5-9-42(37,38)40-13-18-21(33)22(34)23(41-18)30-8-7-19(26)29-25(30)36/h7-8,10,17-18,21-23,28,31-34H,3-6,9,11-13H2,1-2H3,(H,37,38)(H2,26,29,36)/t17?,18-,21?,22-,23-/m1/s1. The first kappa shape index (κ1) is 33.6. The Labute approximate surface area is 241 Å². The lowest BCUT2D eigenvalue weighted by Crippen LogP contribution is -2.37. The number of aliphatic hydroxyl groups excluding tert-OH is 3. The number of pyridine rings is 1. The molecule has 17 heteroatoms. The molecule has 3 unspecified atom stereocenters. The van der Waals surface area contributed by atoms with E-state index in [1.807, 2.05) is 0 Å². The molecule has 0 spiro atoms. The molecule has 1 fully saturated rings. The molecule has 1 aliphatic rings. The number of hydrogen-bond acceptors (Lipinski definition) is 14. The van der Waals surface area contributed by atoms with E-state index in [2.05, 4.69) is 15.3 Å². The molecule has 8 N–H and O–H groups in total. The summed E-state index contributed by atoms with van der Waals surface area (Å²) >= 11 is 0. The Hall–Kier alpha value is -2.95. The van der Waals surface area contributed by atoms with Crippen molar-refractivity contribution in [2.75, 3.05) is 25.6 Å². The van der Waals surface area contributed by atoms with Crippen molar-refractivity contribution >= 4 is 19.4 Å². The van der Waals surface area contributed by atoms with Crippen molar-refractivity contribution in [1.29, 1.82) is 0 Å². The summed E-state index contributed by atoms with van der Waals surface area (Å²) in [7, 11) is -2.84. The smallest absolute Gasteiger partial charge is 0.351 e. The summed E-state index contributed by atoms with van der Waals surface area (Å²) in [5, 5.41) is 43.5. The maximum Gasteiger partial charge on any atom is 0.351 e. The van der Waals surface area contributed by atoms with Gasteiger partial charge >= 0.3 is 19.3 Å². The normalized spacial score (nSPS) is 22.5. The van der Waals surface area contributed by atoms with Crippen LogP contribution in [0, 0.1) is 6.92 Å². The SMILES string of the molecule is COC(=O)C(CCCCCP(=O)(O)OC[C@H]1O[C@@H](n2ccc(N)nc2=O)[C@H](O)C1O)NCc1c(CO)cnc(C)c1O. The van der Waals surface area contributed by atoms with Crippen molar-refractivity contribution in [2.45, 2.75) is 76.3 Å². The Bertz CT molecular complexity index is 1330. The van der Waals surface area contributed by atoms with Gasteiger partial charge in [0.15, 0.2) is 6.23 Å². The maximum atomic E-state index is 12.6. The minimum Gasteiger partial charge on any atom is -0.506 e. The highest BCUT2D eigenvalue weighted by atomic mass is 31.2. The van der Waals surface area contributed by atoms with Crippen LogP contribution in [0.4, 0.5) is 5.82 Å². The Balaban J connectivity index is 1.45.